The minimum atomic E-state index is 0.182. The van der Waals surface area contributed by atoms with E-state index < -0.39 is 0 Å². The predicted molar refractivity (Wildman–Crippen MR) is 102 cm³/mol. The predicted octanol–water partition coefficient (Wildman–Crippen LogP) is 3.92. The largest absolute Gasteiger partial charge is 0.326 e. The third-order valence-corrected chi connectivity index (χ3v) is 5.55. The summed E-state index contributed by atoms with van der Waals surface area (Å²) in [5.74, 6) is 0.404. The molecule has 0 aliphatic carbocycles. The van der Waals surface area contributed by atoms with E-state index >= 15 is 0 Å². The Hall–Kier alpha value is -1.75. The summed E-state index contributed by atoms with van der Waals surface area (Å²) in [6.45, 7) is 2.80. The lowest BCUT2D eigenvalue weighted by molar-refractivity contribution is 0.325. The van der Waals surface area contributed by atoms with Crippen LogP contribution in [0.4, 0.5) is 0 Å². The second-order valence-corrected chi connectivity index (χ2v) is 7.34. The third-order valence-electron chi connectivity index (χ3n) is 4.86. The van der Waals surface area contributed by atoms with Gasteiger partial charge in [0.1, 0.15) is 0 Å². The molecule has 1 saturated heterocycles. The molecule has 4 heteroatoms. The van der Waals surface area contributed by atoms with Gasteiger partial charge in [-0.1, -0.05) is 58.4 Å². The summed E-state index contributed by atoms with van der Waals surface area (Å²) in [4.78, 5) is 7.04. The average Bonchev–Trinajstić information content (AvgIpc) is 2.99. The van der Waals surface area contributed by atoms with Crippen molar-refractivity contribution in [3.8, 4) is 0 Å². The molecule has 3 nitrogen and oxygen atoms in total. The van der Waals surface area contributed by atoms with Gasteiger partial charge in [-0.15, -0.1) is 0 Å². The van der Waals surface area contributed by atoms with Gasteiger partial charge < -0.3 is 5.73 Å². The molecule has 122 valence electrons. The van der Waals surface area contributed by atoms with Crippen LogP contribution in [0.5, 0.6) is 0 Å². The fraction of sp³-hybridized carbons (Fsp3) is 0.250. The zero-order valence-electron chi connectivity index (χ0n) is 13.4. The second-order valence-electron chi connectivity index (χ2n) is 6.48. The Morgan fingerprint density at radius 3 is 2.71 bits per heavy atom. The van der Waals surface area contributed by atoms with Crippen molar-refractivity contribution in [3.63, 3.8) is 0 Å². The molecule has 0 saturated carbocycles. The SMILES string of the molecule is N[C@@H]1CN(Cc2ccc(Br)c3cccnc23)C[C@H]1c1ccccc1. The number of pyridine rings is 1. The Morgan fingerprint density at radius 1 is 1.04 bits per heavy atom. The van der Waals surface area contributed by atoms with Gasteiger partial charge in [0, 0.05) is 47.6 Å². The average molecular weight is 382 g/mol. The molecule has 0 radical (unpaired) electrons. The van der Waals surface area contributed by atoms with Gasteiger partial charge in [-0.25, -0.2) is 0 Å². The number of fused-ring (bicyclic) bond motifs is 1. The molecule has 1 aromatic heterocycles. The first-order chi connectivity index (χ1) is 11.7. The van der Waals surface area contributed by atoms with Crippen molar-refractivity contribution < 1.29 is 0 Å². The first-order valence-corrected chi connectivity index (χ1v) is 9.06. The highest BCUT2D eigenvalue weighted by Gasteiger charge is 2.31. The van der Waals surface area contributed by atoms with Gasteiger partial charge in [0.05, 0.1) is 5.52 Å². The number of nitrogens with zero attached hydrogens (tertiary/aromatic N) is 2. The lowest BCUT2D eigenvalue weighted by atomic mass is 9.95. The zero-order chi connectivity index (χ0) is 16.5. The molecule has 2 heterocycles. The van der Waals surface area contributed by atoms with Crippen molar-refractivity contribution in [2.24, 2.45) is 5.73 Å². The quantitative estimate of drug-likeness (QED) is 0.747. The lowest BCUT2D eigenvalue weighted by Crippen LogP contribution is -2.28. The van der Waals surface area contributed by atoms with Crippen LogP contribution < -0.4 is 5.73 Å². The highest BCUT2D eigenvalue weighted by Crippen LogP contribution is 2.30. The zero-order valence-corrected chi connectivity index (χ0v) is 15.0. The van der Waals surface area contributed by atoms with Crippen molar-refractivity contribution in [1.29, 1.82) is 0 Å². The molecule has 1 fully saturated rings. The maximum atomic E-state index is 6.43. The van der Waals surface area contributed by atoms with Crippen LogP contribution in [0.1, 0.15) is 17.0 Å². The number of rotatable bonds is 3. The van der Waals surface area contributed by atoms with Gasteiger partial charge in [-0.2, -0.15) is 0 Å². The number of aromatic nitrogens is 1. The van der Waals surface area contributed by atoms with Gasteiger partial charge in [0.15, 0.2) is 0 Å². The summed E-state index contributed by atoms with van der Waals surface area (Å²) < 4.78 is 1.09. The Morgan fingerprint density at radius 2 is 1.88 bits per heavy atom. The lowest BCUT2D eigenvalue weighted by Gasteiger charge is -2.17. The van der Waals surface area contributed by atoms with Crippen molar-refractivity contribution in [1.82, 2.24) is 9.88 Å². The number of hydrogen-bond acceptors (Lipinski definition) is 3. The number of hydrogen-bond donors (Lipinski definition) is 1. The number of halogens is 1. The third kappa shape index (κ3) is 2.97. The minimum absolute atomic E-state index is 0.182. The van der Waals surface area contributed by atoms with E-state index in [-0.39, 0.29) is 6.04 Å². The van der Waals surface area contributed by atoms with E-state index in [1.54, 1.807) is 0 Å². The molecule has 2 aromatic carbocycles. The smallest absolute Gasteiger partial charge is 0.0758 e. The summed E-state index contributed by atoms with van der Waals surface area (Å²) in [5, 5.41) is 1.16. The van der Waals surface area contributed by atoms with Gasteiger partial charge in [0.2, 0.25) is 0 Å². The van der Waals surface area contributed by atoms with Gasteiger partial charge >= 0.3 is 0 Å². The number of likely N-dealkylation sites (tertiary alicyclic amines) is 1. The van der Waals surface area contributed by atoms with Crippen LogP contribution in [0.2, 0.25) is 0 Å². The summed E-state index contributed by atoms with van der Waals surface area (Å²) in [5.41, 5.74) is 10.1. The topological polar surface area (TPSA) is 42.1 Å². The molecule has 0 unspecified atom stereocenters. The molecule has 0 amide bonds. The number of nitrogens with two attached hydrogens (primary N) is 1. The fourth-order valence-electron chi connectivity index (χ4n) is 3.66. The Labute approximate surface area is 150 Å². The van der Waals surface area contributed by atoms with E-state index in [4.69, 9.17) is 5.73 Å². The van der Waals surface area contributed by atoms with Crippen molar-refractivity contribution in [2.75, 3.05) is 13.1 Å². The molecule has 2 N–H and O–H groups in total. The fourth-order valence-corrected chi connectivity index (χ4v) is 4.11. The van der Waals surface area contributed by atoms with Crippen LogP contribution in [0.3, 0.4) is 0 Å². The second kappa shape index (κ2) is 6.63. The van der Waals surface area contributed by atoms with Crippen molar-refractivity contribution in [3.05, 3.63) is 76.4 Å². The van der Waals surface area contributed by atoms with Gasteiger partial charge in [0.25, 0.3) is 0 Å². The van der Waals surface area contributed by atoms with Crippen LogP contribution in [0.15, 0.2) is 65.3 Å². The van der Waals surface area contributed by atoms with Crippen LogP contribution in [-0.2, 0) is 6.54 Å². The first kappa shape index (κ1) is 15.8. The summed E-state index contributed by atoms with van der Waals surface area (Å²) in [6, 6.07) is 19.2. The van der Waals surface area contributed by atoms with E-state index in [0.717, 1.165) is 35.0 Å². The van der Waals surface area contributed by atoms with Crippen LogP contribution in [0, 0.1) is 0 Å². The molecular formula is C20H20BrN3. The normalized spacial score (nSPS) is 21.4. The van der Waals surface area contributed by atoms with E-state index in [1.165, 1.54) is 11.1 Å². The molecule has 1 aliphatic heterocycles. The van der Waals surface area contributed by atoms with Crippen LogP contribution >= 0.6 is 15.9 Å². The molecule has 1 aliphatic rings. The maximum absolute atomic E-state index is 6.43. The molecule has 2 atom stereocenters. The molecule has 0 bridgehead atoms. The minimum Gasteiger partial charge on any atom is -0.326 e. The van der Waals surface area contributed by atoms with Crippen LogP contribution in [0.25, 0.3) is 10.9 Å². The Kier molecular flexibility index (Phi) is 4.35. The van der Waals surface area contributed by atoms with E-state index in [1.807, 2.05) is 12.3 Å². The van der Waals surface area contributed by atoms with E-state index in [9.17, 15) is 0 Å². The van der Waals surface area contributed by atoms with Gasteiger partial charge in [-0.3, -0.25) is 9.88 Å². The Bertz CT molecular complexity index is 850. The van der Waals surface area contributed by atoms with Crippen LogP contribution in [-0.4, -0.2) is 29.0 Å². The molecule has 24 heavy (non-hydrogen) atoms. The number of benzene rings is 2. The highest BCUT2D eigenvalue weighted by molar-refractivity contribution is 9.10. The van der Waals surface area contributed by atoms with E-state index in [2.05, 4.69) is 74.3 Å². The van der Waals surface area contributed by atoms with Crippen molar-refractivity contribution in [2.45, 2.75) is 18.5 Å². The first-order valence-electron chi connectivity index (χ1n) is 8.27. The monoisotopic (exact) mass is 381 g/mol. The van der Waals surface area contributed by atoms with Crippen molar-refractivity contribution >= 4 is 26.8 Å². The molecule has 4 rings (SSSR count). The summed E-state index contributed by atoms with van der Waals surface area (Å²) >= 11 is 3.62. The maximum Gasteiger partial charge on any atom is 0.0758 e. The Balaban J connectivity index is 1.58. The standard InChI is InChI=1S/C20H20BrN3/c21-18-9-8-15(20-16(18)7-4-10-23-20)11-24-12-17(19(22)13-24)14-5-2-1-3-6-14/h1-10,17,19H,11-13,22H2/t17-,19+/m0/s1. The van der Waals surface area contributed by atoms with E-state index in [0.29, 0.717) is 5.92 Å². The highest BCUT2D eigenvalue weighted by atomic mass is 79.9. The molecule has 3 aromatic rings. The molecule has 0 spiro atoms. The summed E-state index contributed by atoms with van der Waals surface area (Å²) in [6.07, 6.45) is 1.86. The van der Waals surface area contributed by atoms with Gasteiger partial charge in [-0.05, 0) is 23.3 Å². The summed E-state index contributed by atoms with van der Waals surface area (Å²) in [7, 11) is 0. The molecular weight excluding hydrogens is 362 g/mol.